The topological polar surface area (TPSA) is 38.8 Å². The van der Waals surface area contributed by atoms with Crippen LogP contribution in [0.15, 0.2) is 28.7 Å². The number of benzene rings is 1. The lowest BCUT2D eigenvalue weighted by Gasteiger charge is -2.41. The van der Waals surface area contributed by atoms with E-state index in [9.17, 15) is 4.79 Å². The second kappa shape index (κ2) is 6.14. The van der Waals surface area contributed by atoms with Crippen molar-refractivity contribution >= 4 is 21.8 Å². The van der Waals surface area contributed by atoms with Gasteiger partial charge in [0.1, 0.15) is 11.9 Å². The summed E-state index contributed by atoms with van der Waals surface area (Å²) in [6.07, 6.45) is 1.83. The van der Waals surface area contributed by atoms with Crippen LogP contribution in [0.5, 0.6) is 5.75 Å². The zero-order valence-electron chi connectivity index (χ0n) is 11.3. The molecule has 4 nitrogen and oxygen atoms in total. The van der Waals surface area contributed by atoms with Crippen molar-refractivity contribution in [3.8, 4) is 5.75 Å². The van der Waals surface area contributed by atoms with Crippen LogP contribution in [0.2, 0.25) is 0 Å². The van der Waals surface area contributed by atoms with Crippen molar-refractivity contribution in [3.63, 3.8) is 0 Å². The van der Waals surface area contributed by atoms with E-state index in [4.69, 9.17) is 9.47 Å². The van der Waals surface area contributed by atoms with Gasteiger partial charge >= 0.3 is 0 Å². The van der Waals surface area contributed by atoms with Crippen LogP contribution < -0.4 is 4.74 Å². The van der Waals surface area contributed by atoms with Gasteiger partial charge in [-0.15, -0.1) is 0 Å². The first-order chi connectivity index (χ1) is 9.72. The van der Waals surface area contributed by atoms with Gasteiger partial charge in [0, 0.05) is 23.6 Å². The highest BCUT2D eigenvalue weighted by Crippen LogP contribution is 2.24. The van der Waals surface area contributed by atoms with Crippen LogP contribution in [-0.2, 0) is 9.53 Å². The molecule has 0 radical (unpaired) electrons. The molecule has 2 saturated heterocycles. The molecular weight excluding hydrogens is 322 g/mol. The molecule has 2 aliphatic rings. The highest BCUT2D eigenvalue weighted by Gasteiger charge is 2.36. The minimum atomic E-state index is 0.125. The van der Waals surface area contributed by atoms with E-state index in [1.165, 1.54) is 0 Å². The van der Waals surface area contributed by atoms with Gasteiger partial charge in [0.15, 0.2) is 0 Å². The molecule has 0 aromatic heterocycles. The normalized spacial score (nSPS) is 20.6. The van der Waals surface area contributed by atoms with Crippen molar-refractivity contribution in [2.24, 2.45) is 5.92 Å². The van der Waals surface area contributed by atoms with Crippen molar-refractivity contribution in [2.75, 3.05) is 26.3 Å². The van der Waals surface area contributed by atoms with E-state index >= 15 is 0 Å². The lowest BCUT2D eigenvalue weighted by Crippen LogP contribution is -2.58. The molecule has 1 aromatic carbocycles. The maximum absolute atomic E-state index is 12.2. The summed E-state index contributed by atoms with van der Waals surface area (Å²) in [4.78, 5) is 14.1. The Kier molecular flexibility index (Phi) is 4.27. The standard InChI is InChI=1S/C15H18BrNO3/c16-12-1-3-13(4-2-12)20-14-9-17(10-14)15(18)11-5-7-19-8-6-11/h1-4,11,14H,5-10H2. The molecule has 2 fully saturated rings. The molecule has 0 saturated carbocycles. The summed E-state index contributed by atoms with van der Waals surface area (Å²) < 4.78 is 12.2. The SMILES string of the molecule is O=C(C1CCOCC1)N1CC(Oc2ccc(Br)cc2)C1. The van der Waals surface area contributed by atoms with Crippen molar-refractivity contribution in [2.45, 2.75) is 18.9 Å². The van der Waals surface area contributed by atoms with Gasteiger partial charge in [-0.05, 0) is 37.1 Å². The smallest absolute Gasteiger partial charge is 0.226 e. The fourth-order valence-corrected chi connectivity index (χ4v) is 2.87. The van der Waals surface area contributed by atoms with Gasteiger partial charge in [0.05, 0.1) is 13.1 Å². The molecule has 2 heterocycles. The maximum Gasteiger partial charge on any atom is 0.226 e. The number of hydrogen-bond acceptors (Lipinski definition) is 3. The van der Waals surface area contributed by atoms with Gasteiger partial charge in [-0.1, -0.05) is 15.9 Å². The lowest BCUT2D eigenvalue weighted by atomic mass is 9.96. The van der Waals surface area contributed by atoms with Crippen LogP contribution in [0.25, 0.3) is 0 Å². The van der Waals surface area contributed by atoms with Gasteiger partial charge < -0.3 is 14.4 Å². The number of halogens is 1. The molecule has 108 valence electrons. The van der Waals surface area contributed by atoms with Gasteiger partial charge in [-0.25, -0.2) is 0 Å². The second-order valence-corrected chi connectivity index (χ2v) is 6.24. The lowest BCUT2D eigenvalue weighted by molar-refractivity contribution is -0.147. The molecule has 1 aromatic rings. The number of ether oxygens (including phenoxy) is 2. The summed E-state index contributed by atoms with van der Waals surface area (Å²) in [7, 11) is 0. The van der Waals surface area contributed by atoms with Gasteiger partial charge in [-0.3, -0.25) is 4.79 Å². The highest BCUT2D eigenvalue weighted by molar-refractivity contribution is 9.10. The monoisotopic (exact) mass is 339 g/mol. The minimum absolute atomic E-state index is 0.125. The molecule has 3 rings (SSSR count). The first-order valence-corrected chi connectivity index (χ1v) is 7.80. The van der Waals surface area contributed by atoms with E-state index in [2.05, 4.69) is 15.9 Å². The zero-order chi connectivity index (χ0) is 13.9. The summed E-state index contributed by atoms with van der Waals surface area (Å²) in [5.41, 5.74) is 0. The highest BCUT2D eigenvalue weighted by atomic mass is 79.9. The number of rotatable bonds is 3. The summed E-state index contributed by atoms with van der Waals surface area (Å²) in [6.45, 7) is 2.82. The van der Waals surface area contributed by atoms with E-state index in [0.717, 1.165) is 23.1 Å². The zero-order valence-corrected chi connectivity index (χ0v) is 12.8. The molecule has 2 aliphatic heterocycles. The van der Waals surface area contributed by atoms with E-state index in [0.29, 0.717) is 26.3 Å². The molecule has 0 bridgehead atoms. The minimum Gasteiger partial charge on any atom is -0.487 e. The molecule has 0 spiro atoms. The van der Waals surface area contributed by atoms with Crippen LogP contribution in [0.1, 0.15) is 12.8 Å². The summed E-state index contributed by atoms with van der Waals surface area (Å²) in [5.74, 6) is 1.28. The van der Waals surface area contributed by atoms with Crippen LogP contribution in [-0.4, -0.2) is 43.2 Å². The van der Waals surface area contributed by atoms with E-state index in [-0.39, 0.29) is 17.9 Å². The number of amides is 1. The Morgan fingerprint density at radius 2 is 1.85 bits per heavy atom. The van der Waals surface area contributed by atoms with E-state index in [1.807, 2.05) is 29.2 Å². The van der Waals surface area contributed by atoms with E-state index < -0.39 is 0 Å². The Balaban J connectivity index is 1.46. The first-order valence-electron chi connectivity index (χ1n) is 7.01. The molecule has 20 heavy (non-hydrogen) atoms. The van der Waals surface area contributed by atoms with Crippen molar-refractivity contribution in [1.29, 1.82) is 0 Å². The number of carbonyl (C=O) groups is 1. The number of likely N-dealkylation sites (tertiary alicyclic amines) is 1. The van der Waals surface area contributed by atoms with Crippen LogP contribution >= 0.6 is 15.9 Å². The number of hydrogen-bond donors (Lipinski definition) is 0. The van der Waals surface area contributed by atoms with Crippen LogP contribution in [0.4, 0.5) is 0 Å². The average molecular weight is 340 g/mol. The maximum atomic E-state index is 12.2. The summed E-state index contributed by atoms with van der Waals surface area (Å²) in [6, 6.07) is 7.79. The fraction of sp³-hybridized carbons (Fsp3) is 0.533. The predicted octanol–water partition coefficient (Wildman–Crippen LogP) is 2.47. The first kappa shape index (κ1) is 13.9. The van der Waals surface area contributed by atoms with Crippen molar-refractivity contribution < 1.29 is 14.3 Å². The van der Waals surface area contributed by atoms with Gasteiger partial charge in [0.2, 0.25) is 5.91 Å². The Hall–Kier alpha value is -1.07. The Bertz CT molecular complexity index is 465. The van der Waals surface area contributed by atoms with Gasteiger partial charge in [0.25, 0.3) is 0 Å². The Morgan fingerprint density at radius 1 is 1.20 bits per heavy atom. The fourth-order valence-electron chi connectivity index (χ4n) is 2.60. The Labute approximate surface area is 127 Å². The molecule has 0 N–H and O–H groups in total. The van der Waals surface area contributed by atoms with E-state index in [1.54, 1.807) is 0 Å². The molecular formula is C15H18BrNO3. The molecule has 5 heteroatoms. The molecule has 0 aliphatic carbocycles. The molecule has 0 atom stereocenters. The van der Waals surface area contributed by atoms with Crippen LogP contribution in [0, 0.1) is 5.92 Å². The van der Waals surface area contributed by atoms with Crippen molar-refractivity contribution in [3.05, 3.63) is 28.7 Å². The molecule has 1 amide bonds. The predicted molar refractivity (Wildman–Crippen MR) is 78.7 cm³/mol. The third kappa shape index (κ3) is 3.15. The van der Waals surface area contributed by atoms with Crippen molar-refractivity contribution in [1.82, 2.24) is 4.90 Å². The molecule has 0 unspecified atom stereocenters. The third-order valence-corrected chi connectivity index (χ3v) is 4.38. The second-order valence-electron chi connectivity index (χ2n) is 5.32. The summed E-state index contributed by atoms with van der Waals surface area (Å²) >= 11 is 3.40. The third-order valence-electron chi connectivity index (χ3n) is 3.85. The average Bonchev–Trinajstić information content (AvgIpc) is 2.45. The largest absolute Gasteiger partial charge is 0.487 e. The Morgan fingerprint density at radius 3 is 2.50 bits per heavy atom. The van der Waals surface area contributed by atoms with Crippen LogP contribution in [0.3, 0.4) is 0 Å². The quantitative estimate of drug-likeness (QED) is 0.849. The number of nitrogens with zero attached hydrogens (tertiary/aromatic N) is 1. The van der Waals surface area contributed by atoms with Gasteiger partial charge in [-0.2, -0.15) is 0 Å². The summed E-state index contributed by atoms with van der Waals surface area (Å²) in [5, 5.41) is 0. The number of carbonyl (C=O) groups excluding carboxylic acids is 1.